The summed E-state index contributed by atoms with van der Waals surface area (Å²) in [6.45, 7) is 2.29. The molecule has 0 heterocycles. The van der Waals surface area contributed by atoms with Crippen LogP contribution >= 0.6 is 0 Å². The molecule has 0 aliphatic carbocycles. The highest BCUT2D eigenvalue weighted by Crippen LogP contribution is 2.24. The largest absolute Gasteiger partial charge is 0.395 e. The third-order valence-corrected chi connectivity index (χ3v) is 3.35. The van der Waals surface area contributed by atoms with Gasteiger partial charge in [0, 0.05) is 19.3 Å². The molecule has 0 saturated carbocycles. The van der Waals surface area contributed by atoms with Crippen LogP contribution in [0.3, 0.4) is 0 Å². The van der Waals surface area contributed by atoms with Crippen LogP contribution in [0, 0.1) is 6.92 Å². The standard InChI is InChI=1S/C17H20N2O2/c1-13-7-3-5-9-15(13)18-16-10-6-4-8-14(16)17(21)19(2)11-12-20/h3-10,18,20H,11-12H2,1-2H3. The number of hydrogen-bond donors (Lipinski definition) is 2. The molecular weight excluding hydrogens is 264 g/mol. The fraction of sp³-hybridized carbons (Fsp3) is 0.235. The highest BCUT2D eigenvalue weighted by atomic mass is 16.3. The molecular formula is C17H20N2O2. The van der Waals surface area contributed by atoms with E-state index in [1.807, 2.05) is 49.4 Å². The summed E-state index contributed by atoms with van der Waals surface area (Å²) in [4.78, 5) is 13.9. The van der Waals surface area contributed by atoms with E-state index in [0.717, 1.165) is 16.9 Å². The lowest BCUT2D eigenvalue weighted by Crippen LogP contribution is -2.29. The lowest BCUT2D eigenvalue weighted by atomic mass is 10.1. The summed E-state index contributed by atoms with van der Waals surface area (Å²) in [6.07, 6.45) is 0. The van der Waals surface area contributed by atoms with Gasteiger partial charge in [-0.1, -0.05) is 30.3 Å². The van der Waals surface area contributed by atoms with Crippen LogP contribution < -0.4 is 5.32 Å². The summed E-state index contributed by atoms with van der Waals surface area (Å²) in [7, 11) is 1.68. The summed E-state index contributed by atoms with van der Waals surface area (Å²) in [5.74, 6) is -0.110. The number of anilines is 2. The highest BCUT2D eigenvalue weighted by molar-refractivity contribution is 6.00. The molecule has 110 valence electrons. The first-order valence-corrected chi connectivity index (χ1v) is 6.91. The maximum Gasteiger partial charge on any atom is 0.255 e. The summed E-state index contributed by atoms with van der Waals surface area (Å²) in [6, 6.07) is 15.3. The second-order valence-electron chi connectivity index (χ2n) is 4.94. The summed E-state index contributed by atoms with van der Waals surface area (Å²) < 4.78 is 0. The van der Waals surface area contributed by atoms with Gasteiger partial charge in [-0.05, 0) is 30.7 Å². The number of carbonyl (C=O) groups is 1. The van der Waals surface area contributed by atoms with E-state index in [0.29, 0.717) is 12.1 Å². The first kappa shape index (κ1) is 15.1. The number of nitrogens with zero attached hydrogens (tertiary/aromatic N) is 1. The molecule has 1 amide bonds. The van der Waals surface area contributed by atoms with Crippen molar-refractivity contribution < 1.29 is 9.90 Å². The molecule has 0 atom stereocenters. The number of benzene rings is 2. The normalized spacial score (nSPS) is 10.2. The number of para-hydroxylation sites is 2. The lowest BCUT2D eigenvalue weighted by Gasteiger charge is -2.19. The molecule has 2 N–H and O–H groups in total. The van der Waals surface area contributed by atoms with Crippen LogP contribution in [0.1, 0.15) is 15.9 Å². The number of likely N-dealkylation sites (N-methyl/N-ethyl adjacent to an activating group) is 1. The monoisotopic (exact) mass is 284 g/mol. The predicted molar refractivity (Wildman–Crippen MR) is 85.0 cm³/mol. The fourth-order valence-corrected chi connectivity index (χ4v) is 2.09. The van der Waals surface area contributed by atoms with Crippen molar-refractivity contribution in [1.29, 1.82) is 0 Å². The van der Waals surface area contributed by atoms with Gasteiger partial charge in [0.2, 0.25) is 0 Å². The topological polar surface area (TPSA) is 52.6 Å². The Kier molecular flexibility index (Phi) is 4.95. The van der Waals surface area contributed by atoms with Crippen LogP contribution in [0.4, 0.5) is 11.4 Å². The van der Waals surface area contributed by atoms with E-state index in [1.54, 1.807) is 13.1 Å². The van der Waals surface area contributed by atoms with Crippen molar-refractivity contribution in [1.82, 2.24) is 4.90 Å². The molecule has 4 heteroatoms. The third-order valence-electron chi connectivity index (χ3n) is 3.35. The first-order valence-electron chi connectivity index (χ1n) is 6.91. The summed E-state index contributed by atoms with van der Waals surface area (Å²) >= 11 is 0. The minimum absolute atomic E-state index is 0.0460. The number of aryl methyl sites for hydroxylation is 1. The van der Waals surface area contributed by atoms with Crippen LogP contribution in [-0.2, 0) is 0 Å². The molecule has 0 radical (unpaired) electrons. The van der Waals surface area contributed by atoms with Crippen LogP contribution in [-0.4, -0.2) is 36.1 Å². The fourth-order valence-electron chi connectivity index (χ4n) is 2.09. The quantitative estimate of drug-likeness (QED) is 0.887. The molecule has 0 unspecified atom stereocenters. The Labute approximate surface area is 125 Å². The maximum absolute atomic E-state index is 12.4. The lowest BCUT2D eigenvalue weighted by molar-refractivity contribution is 0.0768. The van der Waals surface area contributed by atoms with Gasteiger partial charge < -0.3 is 15.3 Å². The number of carbonyl (C=O) groups excluding carboxylic acids is 1. The second kappa shape index (κ2) is 6.90. The van der Waals surface area contributed by atoms with Crippen molar-refractivity contribution in [2.24, 2.45) is 0 Å². The molecule has 0 fully saturated rings. The molecule has 2 aromatic carbocycles. The number of rotatable bonds is 5. The van der Waals surface area contributed by atoms with E-state index in [1.165, 1.54) is 4.90 Å². The van der Waals surface area contributed by atoms with Gasteiger partial charge >= 0.3 is 0 Å². The van der Waals surface area contributed by atoms with Gasteiger partial charge in [0.1, 0.15) is 0 Å². The molecule has 0 aliphatic rings. The van der Waals surface area contributed by atoms with Crippen molar-refractivity contribution in [3.05, 3.63) is 59.7 Å². The molecule has 0 spiro atoms. The zero-order valence-corrected chi connectivity index (χ0v) is 12.3. The number of hydrogen-bond acceptors (Lipinski definition) is 3. The van der Waals surface area contributed by atoms with Crippen molar-refractivity contribution >= 4 is 17.3 Å². The van der Waals surface area contributed by atoms with Crippen molar-refractivity contribution in [2.45, 2.75) is 6.92 Å². The zero-order chi connectivity index (χ0) is 15.2. The molecule has 2 aromatic rings. The molecule has 0 saturated heterocycles. The second-order valence-corrected chi connectivity index (χ2v) is 4.94. The minimum Gasteiger partial charge on any atom is -0.395 e. The van der Waals surface area contributed by atoms with E-state index in [4.69, 9.17) is 5.11 Å². The third kappa shape index (κ3) is 3.61. The number of amides is 1. The smallest absolute Gasteiger partial charge is 0.255 e. The molecule has 0 bridgehead atoms. The van der Waals surface area contributed by atoms with Gasteiger partial charge in [-0.15, -0.1) is 0 Å². The van der Waals surface area contributed by atoms with E-state index >= 15 is 0 Å². The van der Waals surface area contributed by atoms with Gasteiger partial charge in [-0.3, -0.25) is 4.79 Å². The molecule has 4 nitrogen and oxygen atoms in total. The van der Waals surface area contributed by atoms with Crippen LogP contribution in [0.5, 0.6) is 0 Å². The van der Waals surface area contributed by atoms with E-state index in [2.05, 4.69) is 5.32 Å². The SMILES string of the molecule is Cc1ccccc1Nc1ccccc1C(=O)N(C)CCO. The number of aliphatic hydroxyl groups excluding tert-OH is 1. The number of nitrogens with one attached hydrogen (secondary N) is 1. The Morgan fingerprint density at radius 2 is 1.71 bits per heavy atom. The molecule has 21 heavy (non-hydrogen) atoms. The molecule has 2 rings (SSSR count). The van der Waals surface area contributed by atoms with Gasteiger partial charge in [0.25, 0.3) is 5.91 Å². The van der Waals surface area contributed by atoms with Crippen LogP contribution in [0.15, 0.2) is 48.5 Å². The Bertz CT molecular complexity index is 626. The summed E-state index contributed by atoms with van der Waals surface area (Å²) in [5, 5.41) is 12.3. The Morgan fingerprint density at radius 3 is 2.38 bits per heavy atom. The van der Waals surface area contributed by atoms with Gasteiger partial charge in [0.05, 0.1) is 17.9 Å². The Hall–Kier alpha value is -2.33. The number of aliphatic hydroxyl groups is 1. The predicted octanol–water partition coefficient (Wildman–Crippen LogP) is 2.80. The van der Waals surface area contributed by atoms with E-state index in [-0.39, 0.29) is 12.5 Å². The highest BCUT2D eigenvalue weighted by Gasteiger charge is 2.15. The molecule has 0 aliphatic heterocycles. The first-order chi connectivity index (χ1) is 10.1. The van der Waals surface area contributed by atoms with E-state index in [9.17, 15) is 4.79 Å². The van der Waals surface area contributed by atoms with Crippen molar-refractivity contribution in [2.75, 3.05) is 25.5 Å². The summed E-state index contributed by atoms with van der Waals surface area (Å²) in [5.41, 5.74) is 3.45. The van der Waals surface area contributed by atoms with Crippen LogP contribution in [0.2, 0.25) is 0 Å². The van der Waals surface area contributed by atoms with Gasteiger partial charge in [-0.2, -0.15) is 0 Å². The van der Waals surface area contributed by atoms with E-state index < -0.39 is 0 Å². The zero-order valence-electron chi connectivity index (χ0n) is 12.3. The van der Waals surface area contributed by atoms with Crippen molar-refractivity contribution in [3.8, 4) is 0 Å². The minimum atomic E-state index is -0.110. The van der Waals surface area contributed by atoms with Gasteiger partial charge in [0.15, 0.2) is 0 Å². The van der Waals surface area contributed by atoms with Gasteiger partial charge in [-0.25, -0.2) is 0 Å². The molecule has 0 aromatic heterocycles. The average Bonchev–Trinajstić information content (AvgIpc) is 2.50. The Balaban J connectivity index is 2.29. The Morgan fingerprint density at radius 1 is 1.10 bits per heavy atom. The van der Waals surface area contributed by atoms with Crippen molar-refractivity contribution in [3.63, 3.8) is 0 Å². The maximum atomic E-state index is 12.4. The average molecular weight is 284 g/mol. The van der Waals surface area contributed by atoms with Crippen LogP contribution in [0.25, 0.3) is 0 Å².